The van der Waals surface area contributed by atoms with Gasteiger partial charge in [-0.15, -0.1) is 0 Å². The van der Waals surface area contributed by atoms with Crippen LogP contribution in [0.1, 0.15) is 36.3 Å². The van der Waals surface area contributed by atoms with Crippen LogP contribution in [0.15, 0.2) is 54.7 Å². The highest BCUT2D eigenvalue weighted by Crippen LogP contribution is 2.12. The van der Waals surface area contributed by atoms with Crippen LogP contribution in [0, 0.1) is 5.92 Å². The van der Waals surface area contributed by atoms with E-state index < -0.39 is 24.1 Å². The molecule has 2 heterocycles. The lowest BCUT2D eigenvalue weighted by Crippen LogP contribution is -2.52. The number of Topliss-reactive ketones (excluding diaryl/α,β-unsaturated/α-hetero) is 1. The number of carbonyl (C=O) groups is 4. The molecule has 2 N–H and O–H groups in total. The molecular weight excluding hydrogens is 424 g/mol. The van der Waals surface area contributed by atoms with E-state index in [1.165, 1.54) is 11.1 Å². The van der Waals surface area contributed by atoms with Gasteiger partial charge in [0.25, 0.3) is 5.91 Å². The Morgan fingerprint density at radius 3 is 2.52 bits per heavy atom. The van der Waals surface area contributed by atoms with E-state index in [1.807, 2.05) is 44.2 Å². The first-order chi connectivity index (χ1) is 15.8. The summed E-state index contributed by atoms with van der Waals surface area (Å²) in [6.07, 6.45) is 1.15. The Balaban J connectivity index is 1.57. The van der Waals surface area contributed by atoms with Crippen LogP contribution < -0.4 is 10.6 Å². The van der Waals surface area contributed by atoms with E-state index in [0.717, 1.165) is 5.56 Å². The molecule has 1 aliphatic heterocycles. The molecule has 0 spiro atoms. The minimum absolute atomic E-state index is 0.0484. The van der Waals surface area contributed by atoms with Crippen molar-refractivity contribution in [3.8, 4) is 0 Å². The third kappa shape index (κ3) is 6.86. The minimum atomic E-state index is -0.874. The molecule has 1 aromatic carbocycles. The molecule has 1 fully saturated rings. The van der Waals surface area contributed by atoms with Crippen molar-refractivity contribution in [2.24, 2.45) is 5.92 Å². The van der Waals surface area contributed by atoms with Gasteiger partial charge in [0.05, 0.1) is 6.54 Å². The Morgan fingerprint density at radius 2 is 1.85 bits per heavy atom. The average Bonchev–Trinajstić information content (AvgIpc) is 3.17. The van der Waals surface area contributed by atoms with Crippen LogP contribution in [-0.4, -0.2) is 58.7 Å². The van der Waals surface area contributed by atoms with Crippen molar-refractivity contribution in [2.75, 3.05) is 13.1 Å². The molecule has 0 bridgehead atoms. The van der Waals surface area contributed by atoms with Crippen LogP contribution >= 0.6 is 0 Å². The molecule has 9 heteroatoms. The maximum absolute atomic E-state index is 12.9. The third-order valence-electron chi connectivity index (χ3n) is 5.15. The van der Waals surface area contributed by atoms with Crippen LogP contribution in [0.4, 0.5) is 4.79 Å². The van der Waals surface area contributed by atoms with E-state index in [0.29, 0.717) is 6.42 Å². The number of carbonyl (C=O) groups excluding carboxylic acids is 4. The quantitative estimate of drug-likeness (QED) is 0.632. The summed E-state index contributed by atoms with van der Waals surface area (Å²) in [7, 11) is 0. The number of hydrogen-bond donors (Lipinski definition) is 2. The monoisotopic (exact) mass is 452 g/mol. The molecule has 0 radical (unpaired) electrons. The van der Waals surface area contributed by atoms with Gasteiger partial charge in [0.2, 0.25) is 5.91 Å². The van der Waals surface area contributed by atoms with Gasteiger partial charge in [0.1, 0.15) is 24.4 Å². The predicted octanol–water partition coefficient (Wildman–Crippen LogP) is 1.93. The number of ether oxygens (including phenoxy) is 1. The van der Waals surface area contributed by atoms with Gasteiger partial charge in [0, 0.05) is 12.7 Å². The topological polar surface area (TPSA) is 118 Å². The first-order valence-electron chi connectivity index (χ1n) is 10.8. The Kier molecular flexibility index (Phi) is 8.12. The summed E-state index contributed by atoms with van der Waals surface area (Å²) >= 11 is 0. The highest BCUT2D eigenvalue weighted by Gasteiger charge is 2.36. The van der Waals surface area contributed by atoms with Crippen LogP contribution in [0.3, 0.4) is 0 Å². The summed E-state index contributed by atoms with van der Waals surface area (Å²) in [5.41, 5.74) is 1.06. The van der Waals surface area contributed by atoms with E-state index >= 15 is 0 Å². The van der Waals surface area contributed by atoms with E-state index in [4.69, 9.17) is 4.74 Å². The largest absolute Gasteiger partial charge is 0.445 e. The Bertz CT molecular complexity index is 981. The minimum Gasteiger partial charge on any atom is -0.445 e. The van der Waals surface area contributed by atoms with Crippen molar-refractivity contribution in [1.29, 1.82) is 0 Å². The molecule has 3 rings (SSSR count). The number of alkyl carbamates (subject to hydrolysis) is 1. The van der Waals surface area contributed by atoms with Gasteiger partial charge in [-0.2, -0.15) is 0 Å². The van der Waals surface area contributed by atoms with Crippen LogP contribution in [0.25, 0.3) is 0 Å². The number of likely N-dealkylation sites (tertiary alicyclic amines) is 1. The van der Waals surface area contributed by atoms with Crippen LogP contribution in [0.5, 0.6) is 0 Å². The zero-order valence-corrected chi connectivity index (χ0v) is 18.7. The second-order valence-corrected chi connectivity index (χ2v) is 8.32. The lowest BCUT2D eigenvalue weighted by molar-refractivity contribution is -0.127. The van der Waals surface area contributed by atoms with Crippen molar-refractivity contribution in [3.05, 3.63) is 66.0 Å². The number of amides is 3. The normalized spacial score (nSPS) is 16.4. The molecule has 2 aromatic rings. The average molecular weight is 453 g/mol. The third-order valence-corrected chi connectivity index (χ3v) is 5.15. The fourth-order valence-electron chi connectivity index (χ4n) is 3.50. The maximum atomic E-state index is 12.9. The molecule has 33 heavy (non-hydrogen) atoms. The molecule has 3 amide bonds. The summed E-state index contributed by atoms with van der Waals surface area (Å²) in [4.78, 5) is 55.5. The molecular formula is C24H28N4O5. The highest BCUT2D eigenvalue weighted by molar-refractivity contribution is 6.00. The van der Waals surface area contributed by atoms with E-state index in [1.54, 1.807) is 18.2 Å². The number of nitrogens with one attached hydrogen (secondary N) is 2. The smallest absolute Gasteiger partial charge is 0.408 e. The molecule has 1 unspecified atom stereocenters. The number of aromatic nitrogens is 1. The number of benzene rings is 1. The van der Waals surface area contributed by atoms with E-state index in [-0.39, 0.29) is 43.0 Å². The zero-order valence-electron chi connectivity index (χ0n) is 18.7. The highest BCUT2D eigenvalue weighted by atomic mass is 16.5. The Labute approximate surface area is 192 Å². The first-order valence-corrected chi connectivity index (χ1v) is 10.8. The van der Waals surface area contributed by atoms with Crippen molar-refractivity contribution >= 4 is 23.7 Å². The Hall–Kier alpha value is -3.75. The summed E-state index contributed by atoms with van der Waals surface area (Å²) < 4.78 is 5.22. The molecule has 0 saturated carbocycles. The fourth-order valence-corrected chi connectivity index (χ4v) is 3.50. The van der Waals surface area contributed by atoms with E-state index in [2.05, 4.69) is 15.6 Å². The van der Waals surface area contributed by atoms with Gasteiger partial charge in [0.15, 0.2) is 5.78 Å². The summed E-state index contributed by atoms with van der Waals surface area (Å²) in [5, 5.41) is 5.27. The second-order valence-electron chi connectivity index (χ2n) is 8.32. The van der Waals surface area contributed by atoms with Crippen molar-refractivity contribution in [3.63, 3.8) is 0 Å². The molecule has 2 atom stereocenters. The fraction of sp³-hybridized carbons (Fsp3) is 0.375. The second kappa shape index (κ2) is 11.2. The van der Waals surface area contributed by atoms with Gasteiger partial charge >= 0.3 is 6.09 Å². The number of pyridine rings is 1. The number of nitrogens with zero attached hydrogens (tertiary/aromatic N) is 2. The van der Waals surface area contributed by atoms with Gasteiger partial charge in [-0.3, -0.25) is 19.4 Å². The molecule has 9 nitrogen and oxygen atoms in total. The lowest BCUT2D eigenvalue weighted by atomic mass is 10.0. The Morgan fingerprint density at radius 1 is 1.12 bits per heavy atom. The molecule has 174 valence electrons. The predicted molar refractivity (Wildman–Crippen MR) is 120 cm³/mol. The number of ketones is 1. The van der Waals surface area contributed by atoms with Crippen molar-refractivity contribution in [1.82, 2.24) is 20.5 Å². The van der Waals surface area contributed by atoms with Crippen LogP contribution in [0.2, 0.25) is 0 Å². The first kappa shape index (κ1) is 23.9. The number of hydrogen-bond acceptors (Lipinski definition) is 6. The number of rotatable bonds is 8. The summed E-state index contributed by atoms with van der Waals surface area (Å²) in [6, 6.07) is 12.4. The van der Waals surface area contributed by atoms with Crippen molar-refractivity contribution in [2.45, 2.75) is 39.0 Å². The lowest BCUT2D eigenvalue weighted by Gasteiger charge is -2.22. The molecule has 1 aromatic heterocycles. The molecule has 1 aliphatic rings. The van der Waals surface area contributed by atoms with Gasteiger partial charge in [-0.1, -0.05) is 50.2 Å². The van der Waals surface area contributed by atoms with E-state index in [9.17, 15) is 19.2 Å². The maximum Gasteiger partial charge on any atom is 0.408 e. The SMILES string of the molecule is CC(C)C[C@H](NC(=O)OCc1ccccc1)C(=O)NC1CN(C(=O)c2ccccn2)CC1=O. The standard InChI is InChI=1S/C24H28N4O5/c1-16(2)12-19(27-24(32)33-15-17-8-4-3-5-9-17)22(30)26-20-13-28(14-21(20)29)23(31)18-10-6-7-11-25-18/h3-11,16,19-20H,12-15H2,1-2H3,(H,26,30)(H,27,32)/t19-,20?/m0/s1. The zero-order chi connectivity index (χ0) is 23.8. The molecule has 0 aliphatic carbocycles. The van der Waals surface area contributed by atoms with Crippen molar-refractivity contribution < 1.29 is 23.9 Å². The van der Waals surface area contributed by atoms with Gasteiger partial charge in [-0.05, 0) is 30.0 Å². The summed E-state index contributed by atoms with van der Waals surface area (Å²) in [6.45, 7) is 3.86. The van der Waals surface area contributed by atoms with Gasteiger partial charge in [-0.25, -0.2) is 4.79 Å². The van der Waals surface area contributed by atoms with Crippen LogP contribution in [-0.2, 0) is 20.9 Å². The molecule has 1 saturated heterocycles. The van der Waals surface area contributed by atoms with Gasteiger partial charge < -0.3 is 20.3 Å². The summed E-state index contributed by atoms with van der Waals surface area (Å²) in [5.74, 6) is -1.04.